The molecule has 0 bridgehead atoms. The third kappa shape index (κ3) is 7.23. The fourth-order valence-corrected chi connectivity index (χ4v) is 2.96. The van der Waals surface area contributed by atoms with Crippen LogP contribution in [0.3, 0.4) is 0 Å². The Labute approximate surface area is 168 Å². The van der Waals surface area contributed by atoms with Gasteiger partial charge < -0.3 is 10.6 Å². The van der Waals surface area contributed by atoms with Crippen LogP contribution in [0, 0.1) is 18.6 Å². The molecule has 0 unspecified atom stereocenters. The van der Waals surface area contributed by atoms with Gasteiger partial charge in [0.2, 0.25) is 0 Å². The van der Waals surface area contributed by atoms with Gasteiger partial charge in [-0.05, 0) is 31.9 Å². The average Bonchev–Trinajstić information content (AvgIpc) is 2.97. The van der Waals surface area contributed by atoms with E-state index in [9.17, 15) is 8.78 Å². The molecule has 0 atom stereocenters. The van der Waals surface area contributed by atoms with Crippen molar-refractivity contribution >= 4 is 41.3 Å². The van der Waals surface area contributed by atoms with Gasteiger partial charge in [-0.3, -0.25) is 4.99 Å². The van der Waals surface area contributed by atoms with Crippen molar-refractivity contribution in [1.29, 1.82) is 0 Å². The van der Waals surface area contributed by atoms with E-state index >= 15 is 0 Å². The number of guanidine groups is 1. The Kier molecular flexibility index (Phi) is 9.88. The molecule has 0 amide bonds. The summed E-state index contributed by atoms with van der Waals surface area (Å²) in [7, 11) is 0. The third-order valence-electron chi connectivity index (χ3n) is 3.33. The van der Waals surface area contributed by atoms with Crippen LogP contribution >= 0.6 is 35.3 Å². The molecule has 0 aliphatic heterocycles. The summed E-state index contributed by atoms with van der Waals surface area (Å²) in [6.45, 7) is 5.84. The zero-order chi connectivity index (χ0) is 17.4. The van der Waals surface area contributed by atoms with Crippen LogP contribution in [-0.4, -0.2) is 30.6 Å². The maximum Gasteiger partial charge on any atom is 0.191 e. The molecule has 0 fully saturated rings. The minimum atomic E-state index is -0.813. The number of aryl methyl sites for hydroxylation is 1. The maximum absolute atomic E-state index is 13.6. The molecule has 25 heavy (non-hydrogen) atoms. The van der Waals surface area contributed by atoms with Crippen molar-refractivity contribution in [3.05, 3.63) is 51.5 Å². The highest BCUT2D eigenvalue weighted by Crippen LogP contribution is 2.12. The normalized spacial score (nSPS) is 11.1. The van der Waals surface area contributed by atoms with Gasteiger partial charge in [-0.1, -0.05) is 12.1 Å². The van der Waals surface area contributed by atoms with E-state index in [1.165, 1.54) is 10.9 Å². The number of nitrogens with one attached hydrogen (secondary N) is 2. The van der Waals surface area contributed by atoms with Gasteiger partial charge in [-0.25, -0.2) is 13.8 Å². The second-order valence-electron chi connectivity index (χ2n) is 5.27. The lowest BCUT2D eigenvalue weighted by Crippen LogP contribution is -2.38. The summed E-state index contributed by atoms with van der Waals surface area (Å²) < 4.78 is 26.8. The van der Waals surface area contributed by atoms with Gasteiger partial charge in [0.25, 0.3) is 0 Å². The summed E-state index contributed by atoms with van der Waals surface area (Å²) in [6.07, 6.45) is 3.04. The summed E-state index contributed by atoms with van der Waals surface area (Å²) in [4.78, 5) is 9.98. The molecule has 0 aliphatic carbocycles. The fourth-order valence-electron chi connectivity index (χ4n) is 2.18. The van der Waals surface area contributed by atoms with Gasteiger partial charge >= 0.3 is 0 Å². The Morgan fingerprint density at radius 1 is 1.24 bits per heavy atom. The zero-order valence-corrected chi connectivity index (χ0v) is 17.5. The van der Waals surface area contributed by atoms with Gasteiger partial charge in [-0.15, -0.1) is 35.3 Å². The molecule has 0 saturated heterocycles. The Balaban J connectivity index is 0.00000312. The largest absolute Gasteiger partial charge is 0.357 e. The number of nitrogens with zero attached hydrogens (tertiary/aromatic N) is 2. The molecule has 138 valence electrons. The van der Waals surface area contributed by atoms with Crippen LogP contribution in [0.15, 0.2) is 29.4 Å². The lowest BCUT2D eigenvalue weighted by atomic mass is 10.1. The summed E-state index contributed by atoms with van der Waals surface area (Å²) in [5.74, 6) is -0.921. The molecule has 1 heterocycles. The van der Waals surface area contributed by atoms with Crippen LogP contribution < -0.4 is 10.6 Å². The highest BCUT2D eigenvalue weighted by atomic mass is 127. The van der Waals surface area contributed by atoms with E-state index in [0.717, 1.165) is 24.0 Å². The molecule has 0 radical (unpaired) electrons. The number of hydrogen-bond acceptors (Lipinski definition) is 3. The van der Waals surface area contributed by atoms with Gasteiger partial charge in [0.15, 0.2) is 17.6 Å². The standard InChI is InChI=1S/C17H22F2N4S.HI/c1-3-20-17(22-10-8-15-23-11-12(2)24-15)21-9-7-13-5-4-6-14(18)16(13)19;/h4-6,11H,3,7-10H2,1-2H3,(H2,20,21,22);1H. The molecule has 2 aromatic rings. The molecule has 0 spiro atoms. The predicted molar refractivity (Wildman–Crippen MR) is 110 cm³/mol. The van der Waals surface area contributed by atoms with Crippen LogP contribution in [-0.2, 0) is 12.8 Å². The minimum Gasteiger partial charge on any atom is -0.357 e. The van der Waals surface area contributed by atoms with Crippen molar-refractivity contribution in [3.63, 3.8) is 0 Å². The molecule has 2 N–H and O–H groups in total. The maximum atomic E-state index is 13.6. The van der Waals surface area contributed by atoms with Gasteiger partial charge in [-0.2, -0.15) is 0 Å². The van der Waals surface area contributed by atoms with Crippen LogP contribution in [0.1, 0.15) is 22.4 Å². The number of hydrogen-bond donors (Lipinski definition) is 2. The van der Waals surface area contributed by atoms with Gasteiger partial charge in [0.1, 0.15) is 0 Å². The fraction of sp³-hybridized carbons (Fsp3) is 0.412. The van der Waals surface area contributed by atoms with E-state index < -0.39 is 11.6 Å². The number of aliphatic imine (C=N–C) groups is 1. The number of rotatable bonds is 7. The van der Waals surface area contributed by atoms with Crippen molar-refractivity contribution in [2.45, 2.75) is 26.7 Å². The van der Waals surface area contributed by atoms with E-state index in [1.54, 1.807) is 17.4 Å². The Morgan fingerprint density at radius 3 is 2.72 bits per heavy atom. The highest BCUT2D eigenvalue weighted by molar-refractivity contribution is 14.0. The van der Waals surface area contributed by atoms with Crippen molar-refractivity contribution in [2.24, 2.45) is 4.99 Å². The molecular weight excluding hydrogens is 457 g/mol. The molecule has 1 aromatic heterocycles. The lowest BCUT2D eigenvalue weighted by molar-refractivity contribution is 0.498. The number of benzene rings is 1. The average molecular weight is 480 g/mol. The van der Waals surface area contributed by atoms with E-state index in [1.807, 2.05) is 20.0 Å². The summed E-state index contributed by atoms with van der Waals surface area (Å²) in [5.41, 5.74) is 0.358. The van der Waals surface area contributed by atoms with Crippen LogP contribution in [0.25, 0.3) is 0 Å². The Morgan fingerprint density at radius 2 is 2.04 bits per heavy atom. The molecule has 8 heteroatoms. The predicted octanol–water partition coefficient (Wildman–Crippen LogP) is 3.69. The molecule has 2 rings (SSSR count). The zero-order valence-electron chi connectivity index (χ0n) is 14.3. The SMILES string of the molecule is CCNC(=NCCc1ncc(C)s1)NCCc1cccc(F)c1F.I. The topological polar surface area (TPSA) is 49.3 Å². The number of aromatic nitrogens is 1. The quantitative estimate of drug-likeness (QED) is 0.361. The second kappa shape index (κ2) is 11.3. The molecule has 4 nitrogen and oxygen atoms in total. The second-order valence-corrected chi connectivity index (χ2v) is 6.58. The van der Waals surface area contributed by atoms with Gasteiger partial charge in [0.05, 0.1) is 5.01 Å². The van der Waals surface area contributed by atoms with Crippen molar-refractivity contribution < 1.29 is 8.78 Å². The molecule has 1 aromatic carbocycles. The summed E-state index contributed by atoms with van der Waals surface area (Å²) >= 11 is 1.67. The Bertz CT molecular complexity index is 691. The van der Waals surface area contributed by atoms with Gasteiger partial charge in [0, 0.05) is 37.1 Å². The van der Waals surface area contributed by atoms with E-state index in [0.29, 0.717) is 31.0 Å². The minimum absolute atomic E-state index is 0. The first-order valence-corrected chi connectivity index (χ1v) is 8.78. The molecular formula is C17H23F2IN4S. The van der Waals surface area contributed by atoms with Crippen LogP contribution in [0.4, 0.5) is 8.78 Å². The van der Waals surface area contributed by atoms with E-state index in [4.69, 9.17) is 0 Å². The first-order valence-electron chi connectivity index (χ1n) is 7.96. The smallest absolute Gasteiger partial charge is 0.191 e. The monoisotopic (exact) mass is 480 g/mol. The summed E-state index contributed by atoms with van der Waals surface area (Å²) in [5, 5.41) is 7.34. The first-order chi connectivity index (χ1) is 11.6. The molecule has 0 saturated carbocycles. The lowest BCUT2D eigenvalue weighted by Gasteiger charge is -2.11. The number of thiazole rings is 1. The third-order valence-corrected chi connectivity index (χ3v) is 4.30. The Hall–Kier alpha value is -1.29. The summed E-state index contributed by atoms with van der Waals surface area (Å²) in [6, 6.07) is 4.23. The van der Waals surface area contributed by atoms with Crippen molar-refractivity contribution in [2.75, 3.05) is 19.6 Å². The molecule has 0 aliphatic rings. The van der Waals surface area contributed by atoms with E-state index in [-0.39, 0.29) is 24.0 Å². The van der Waals surface area contributed by atoms with Crippen LogP contribution in [0.2, 0.25) is 0 Å². The van der Waals surface area contributed by atoms with Crippen molar-refractivity contribution in [1.82, 2.24) is 15.6 Å². The van der Waals surface area contributed by atoms with E-state index in [2.05, 4.69) is 20.6 Å². The first kappa shape index (κ1) is 21.8. The van der Waals surface area contributed by atoms with Crippen molar-refractivity contribution in [3.8, 4) is 0 Å². The highest BCUT2D eigenvalue weighted by Gasteiger charge is 2.07. The van der Waals surface area contributed by atoms with Crippen LogP contribution in [0.5, 0.6) is 0 Å². The number of halogens is 3.